The summed E-state index contributed by atoms with van der Waals surface area (Å²) in [6, 6.07) is -3.31. The molecule has 0 spiro atoms. The van der Waals surface area contributed by atoms with Gasteiger partial charge in [0.05, 0.1) is 12.5 Å². The van der Waals surface area contributed by atoms with Crippen LogP contribution >= 0.6 is 21.6 Å². The van der Waals surface area contributed by atoms with Crippen LogP contribution in [0, 0.1) is 5.92 Å². The zero-order valence-corrected chi connectivity index (χ0v) is 33.3. The summed E-state index contributed by atoms with van der Waals surface area (Å²) in [5.41, 5.74) is 23.1. The first-order chi connectivity index (χ1) is 26.9. The summed E-state index contributed by atoms with van der Waals surface area (Å²) in [4.78, 5) is 120. The fourth-order valence-corrected chi connectivity index (χ4v) is 8.38. The Morgan fingerprint density at radius 3 is 2.02 bits per heavy atom. The van der Waals surface area contributed by atoms with Gasteiger partial charge in [0.2, 0.25) is 53.2 Å². The number of nitrogens with zero attached hydrogens (tertiary/aromatic N) is 1. The molecule has 1 aromatic rings. The lowest BCUT2D eigenvalue weighted by atomic mass is 9.96. The molecule has 0 aromatic heterocycles. The first-order valence-corrected chi connectivity index (χ1v) is 20.9. The monoisotopic (exact) mass is 836 g/mol. The first kappa shape index (κ1) is 46.3. The van der Waals surface area contributed by atoms with Crippen LogP contribution in [0.1, 0.15) is 57.9 Å². The van der Waals surface area contributed by atoms with Crippen LogP contribution in [0.25, 0.3) is 0 Å². The lowest BCUT2D eigenvalue weighted by Crippen LogP contribution is -2.61. The molecule has 20 nitrogen and oxygen atoms in total. The van der Waals surface area contributed by atoms with Crippen molar-refractivity contribution in [1.29, 1.82) is 0 Å². The third-order valence-corrected chi connectivity index (χ3v) is 12.0. The molecule has 0 bridgehead atoms. The Labute approximate surface area is 337 Å². The Kier molecular flexibility index (Phi) is 17.9. The van der Waals surface area contributed by atoms with E-state index in [1.54, 1.807) is 26.0 Å². The molecule has 8 atom stereocenters. The van der Waals surface area contributed by atoms with E-state index in [1.165, 1.54) is 17.0 Å². The highest BCUT2D eigenvalue weighted by Crippen LogP contribution is 2.25. The second kappa shape index (κ2) is 22.0. The number of phenolic OH excluding ortho intramolecular Hbond substituents is 1. The van der Waals surface area contributed by atoms with Gasteiger partial charge in [-0.1, -0.05) is 54.0 Å². The molecule has 14 N–H and O–H groups in total. The second-order valence-corrected chi connectivity index (χ2v) is 16.5. The molecule has 2 fully saturated rings. The van der Waals surface area contributed by atoms with Crippen molar-refractivity contribution in [2.45, 2.75) is 101 Å². The minimum absolute atomic E-state index is 0.0269. The van der Waals surface area contributed by atoms with Crippen LogP contribution in [-0.4, -0.2) is 124 Å². The third-order valence-electron chi connectivity index (χ3n) is 9.53. The third kappa shape index (κ3) is 14.1. The van der Waals surface area contributed by atoms with Crippen molar-refractivity contribution < 1.29 is 48.3 Å². The van der Waals surface area contributed by atoms with E-state index in [1.807, 2.05) is 0 Å². The van der Waals surface area contributed by atoms with Crippen molar-refractivity contribution in [3.05, 3.63) is 29.8 Å². The summed E-state index contributed by atoms with van der Waals surface area (Å²) in [5, 5.41) is 22.5. The Bertz CT molecular complexity index is 1670. The van der Waals surface area contributed by atoms with Gasteiger partial charge in [-0.15, -0.1) is 0 Å². The lowest BCUT2D eigenvalue weighted by Gasteiger charge is -2.30. The van der Waals surface area contributed by atoms with E-state index in [0.29, 0.717) is 24.8 Å². The van der Waals surface area contributed by atoms with Gasteiger partial charge in [-0.05, 0) is 42.9 Å². The van der Waals surface area contributed by atoms with Crippen molar-refractivity contribution in [3.63, 3.8) is 0 Å². The van der Waals surface area contributed by atoms with E-state index in [9.17, 15) is 48.3 Å². The molecule has 0 aliphatic carbocycles. The number of nitrogens with one attached hydrogen (secondary N) is 5. The highest BCUT2D eigenvalue weighted by Gasteiger charge is 2.39. The number of benzene rings is 1. The number of primary amides is 3. The highest BCUT2D eigenvalue weighted by molar-refractivity contribution is 8.76. The molecular weight excluding hydrogens is 785 g/mol. The molecule has 0 unspecified atom stereocenters. The maximum absolute atomic E-state index is 13.9. The first-order valence-electron chi connectivity index (χ1n) is 18.4. The largest absolute Gasteiger partial charge is 0.508 e. The van der Waals surface area contributed by atoms with Crippen molar-refractivity contribution in [2.75, 3.05) is 18.1 Å². The quantitative estimate of drug-likeness (QED) is 0.0981. The lowest BCUT2D eigenvalue weighted by molar-refractivity contribution is -0.140. The molecule has 1 aromatic carbocycles. The number of rotatable bonds is 11. The number of aromatic hydroxyl groups is 1. The van der Waals surface area contributed by atoms with E-state index in [2.05, 4.69) is 26.6 Å². The van der Waals surface area contributed by atoms with Gasteiger partial charge >= 0.3 is 0 Å². The molecule has 2 heterocycles. The van der Waals surface area contributed by atoms with Gasteiger partial charge in [-0.2, -0.15) is 0 Å². The van der Waals surface area contributed by atoms with Gasteiger partial charge in [-0.3, -0.25) is 43.2 Å². The predicted octanol–water partition coefficient (Wildman–Crippen LogP) is -3.26. The Morgan fingerprint density at radius 1 is 0.807 bits per heavy atom. The van der Waals surface area contributed by atoms with E-state index in [4.69, 9.17) is 22.9 Å². The SMILES string of the molecule is CC[C@H](C)[C@@H]1NC(=O)[C@H](Cc2ccc(O)cc2)NC(=O)[C@@H](N)CSSC[C@@H](C(=O)N2CCC[C@H]2C(N)=O)NC(=O)[C@H](CC(N)=O)NC(=O)[C@H](CCC(N)=O)NC1=O. The second-order valence-electron chi connectivity index (χ2n) is 13.9. The number of amides is 9. The molecule has 57 heavy (non-hydrogen) atoms. The molecule has 0 radical (unpaired) electrons. The molecule has 314 valence electrons. The minimum atomic E-state index is -1.67. The normalized spacial score (nSPS) is 26.5. The van der Waals surface area contributed by atoms with Gasteiger partial charge < -0.3 is 59.5 Å². The Hall–Kier alpha value is -5.09. The zero-order chi connectivity index (χ0) is 42.4. The highest BCUT2D eigenvalue weighted by atomic mass is 33.1. The molecule has 22 heteroatoms. The fourth-order valence-electron chi connectivity index (χ4n) is 6.10. The van der Waals surface area contributed by atoms with Crippen molar-refractivity contribution >= 4 is 74.8 Å². The van der Waals surface area contributed by atoms with Gasteiger partial charge in [0.25, 0.3) is 0 Å². The van der Waals surface area contributed by atoms with Gasteiger partial charge in [0.15, 0.2) is 0 Å². The van der Waals surface area contributed by atoms with Gasteiger partial charge in [0.1, 0.15) is 42.0 Å². The maximum Gasteiger partial charge on any atom is 0.246 e. The van der Waals surface area contributed by atoms with Crippen LogP contribution in [0.2, 0.25) is 0 Å². The number of hydrogen-bond acceptors (Lipinski definition) is 13. The number of phenols is 1. The zero-order valence-electron chi connectivity index (χ0n) is 31.7. The minimum Gasteiger partial charge on any atom is -0.508 e. The van der Waals surface area contributed by atoms with E-state index in [0.717, 1.165) is 21.6 Å². The number of likely N-dealkylation sites (tertiary alicyclic amines) is 1. The Balaban J connectivity index is 2.05. The number of nitrogens with two attached hydrogens (primary N) is 4. The average molecular weight is 837 g/mol. The van der Waals surface area contributed by atoms with E-state index < -0.39 is 114 Å². The van der Waals surface area contributed by atoms with E-state index in [-0.39, 0.29) is 36.6 Å². The number of carbonyl (C=O) groups is 9. The molecular formula is C35H52N10O10S2. The van der Waals surface area contributed by atoms with Crippen molar-refractivity contribution in [1.82, 2.24) is 31.5 Å². The van der Waals surface area contributed by atoms with Gasteiger partial charge in [0, 0.05) is 30.9 Å². The predicted molar refractivity (Wildman–Crippen MR) is 210 cm³/mol. The summed E-state index contributed by atoms with van der Waals surface area (Å²) in [6.07, 6.45) is -0.418. The average Bonchev–Trinajstić information content (AvgIpc) is 3.66. The number of hydrogen-bond donors (Lipinski definition) is 10. The van der Waals surface area contributed by atoms with Crippen LogP contribution < -0.4 is 49.5 Å². The topological polar surface area (TPSA) is 341 Å². The summed E-state index contributed by atoms with van der Waals surface area (Å²) < 4.78 is 0. The van der Waals surface area contributed by atoms with Crippen LogP contribution in [0.4, 0.5) is 0 Å². The van der Waals surface area contributed by atoms with Crippen LogP contribution in [-0.2, 0) is 49.6 Å². The molecule has 2 saturated heterocycles. The maximum atomic E-state index is 13.9. The molecule has 3 rings (SSSR count). The standard InChI is InChI=1S/C35H52N10O10S2/c1-3-17(2)28-34(54)40-21(10-11-26(37)47)31(51)42-23(14-27(38)48)32(52)43-24(35(55)45-12-4-5-25(45)29(39)49)16-57-56-15-20(36)30(50)41-22(33(53)44-28)13-18-6-8-19(46)9-7-18/h6-9,17,20-25,28,46H,3-5,10-16,36H2,1-2H3,(H2,37,47)(H2,38,48)(H2,39,49)(H,40,54)(H,41,50)(H,42,51)(H,43,52)(H,44,53)/t17-,20-,21-,22-,23-,24-,25-,28-/m0/s1. The Morgan fingerprint density at radius 2 is 1.40 bits per heavy atom. The summed E-state index contributed by atoms with van der Waals surface area (Å²) in [5.74, 6) is -8.33. The van der Waals surface area contributed by atoms with Crippen LogP contribution in [0.15, 0.2) is 24.3 Å². The van der Waals surface area contributed by atoms with Crippen molar-refractivity contribution in [3.8, 4) is 5.75 Å². The van der Waals surface area contributed by atoms with Crippen LogP contribution in [0.3, 0.4) is 0 Å². The molecule has 0 saturated carbocycles. The summed E-state index contributed by atoms with van der Waals surface area (Å²) in [6.45, 7) is 3.59. The van der Waals surface area contributed by atoms with Gasteiger partial charge in [-0.25, -0.2) is 0 Å². The van der Waals surface area contributed by atoms with Crippen LogP contribution in [0.5, 0.6) is 5.75 Å². The molecule has 9 amide bonds. The summed E-state index contributed by atoms with van der Waals surface area (Å²) in [7, 11) is 2.13. The molecule has 2 aliphatic rings. The fraction of sp³-hybridized carbons (Fsp3) is 0.571. The summed E-state index contributed by atoms with van der Waals surface area (Å²) >= 11 is 0. The smallest absolute Gasteiger partial charge is 0.246 e. The van der Waals surface area contributed by atoms with E-state index >= 15 is 0 Å². The van der Waals surface area contributed by atoms with Crippen molar-refractivity contribution in [2.24, 2.45) is 28.9 Å². The number of carbonyl (C=O) groups excluding carboxylic acids is 9. The molecule has 2 aliphatic heterocycles.